The number of aliphatic hydroxyl groups is 1. The standard InChI is InChI=1S/C25H26N6O2S/c1-25-17-6-2-3-7-20(17)30(13-16-10-11-18(26-12-16)19-14-34-15-27-19)28-23(25)24(33)31(29-25)21-8-4-5-9-22(21)32/h2-3,6-7,10-12,14-15,21-22,29,32H,4-5,8-9,13H2,1H3. The van der Waals surface area contributed by atoms with Crippen molar-refractivity contribution in [2.45, 2.75) is 56.8 Å². The molecule has 3 aromatic rings. The molecule has 1 aliphatic carbocycles. The summed E-state index contributed by atoms with van der Waals surface area (Å²) in [6.07, 6.45) is 4.80. The normalized spacial score (nSPS) is 26.3. The van der Waals surface area contributed by atoms with Crippen LogP contribution in [0.15, 0.2) is 58.6 Å². The molecule has 6 rings (SSSR count). The van der Waals surface area contributed by atoms with E-state index in [-0.39, 0.29) is 11.9 Å². The Hall–Kier alpha value is -3.14. The van der Waals surface area contributed by atoms with Crippen LogP contribution in [0.5, 0.6) is 0 Å². The summed E-state index contributed by atoms with van der Waals surface area (Å²) in [5, 5.41) is 20.9. The molecular formula is C25H26N6O2S. The fraction of sp³-hybridized carbons (Fsp3) is 0.360. The summed E-state index contributed by atoms with van der Waals surface area (Å²) in [6.45, 7) is 2.49. The number of fused-ring (bicyclic) bond motifs is 3. The molecule has 0 spiro atoms. The Bertz CT molecular complexity index is 1240. The number of hydrogen-bond donors (Lipinski definition) is 2. The largest absolute Gasteiger partial charge is 0.391 e. The van der Waals surface area contributed by atoms with Gasteiger partial charge in [-0.1, -0.05) is 37.1 Å². The van der Waals surface area contributed by atoms with Gasteiger partial charge in [-0.25, -0.2) is 10.4 Å². The van der Waals surface area contributed by atoms with Crippen LogP contribution < -0.4 is 10.4 Å². The molecule has 2 N–H and O–H groups in total. The predicted molar refractivity (Wildman–Crippen MR) is 131 cm³/mol. The van der Waals surface area contributed by atoms with Gasteiger partial charge in [-0.3, -0.25) is 19.8 Å². The van der Waals surface area contributed by atoms with Crippen LogP contribution in [0.1, 0.15) is 43.7 Å². The number of rotatable bonds is 4. The summed E-state index contributed by atoms with van der Waals surface area (Å²) in [4.78, 5) is 22.4. The number of carbonyl (C=O) groups excluding carboxylic acids is 1. The lowest BCUT2D eigenvalue weighted by molar-refractivity contribution is -0.132. The molecule has 3 aliphatic rings. The smallest absolute Gasteiger partial charge is 0.286 e. The van der Waals surface area contributed by atoms with Crippen molar-refractivity contribution in [2.24, 2.45) is 5.10 Å². The van der Waals surface area contributed by atoms with E-state index in [4.69, 9.17) is 5.10 Å². The minimum atomic E-state index is -0.742. The van der Waals surface area contributed by atoms with Crippen LogP contribution in [-0.4, -0.2) is 43.8 Å². The van der Waals surface area contributed by atoms with E-state index in [1.807, 2.05) is 59.9 Å². The molecule has 9 heteroatoms. The number of hydrazine groups is 1. The van der Waals surface area contributed by atoms with Gasteiger partial charge in [0.25, 0.3) is 5.91 Å². The lowest BCUT2D eigenvalue weighted by atomic mass is 9.86. The Kier molecular flexibility index (Phi) is 5.20. The topological polar surface area (TPSA) is 94.0 Å². The van der Waals surface area contributed by atoms with Crippen molar-refractivity contribution in [3.05, 3.63) is 64.6 Å². The van der Waals surface area contributed by atoms with E-state index in [9.17, 15) is 9.90 Å². The summed E-state index contributed by atoms with van der Waals surface area (Å²) in [6, 6.07) is 11.8. The average molecular weight is 475 g/mol. The van der Waals surface area contributed by atoms with Crippen molar-refractivity contribution in [3.63, 3.8) is 0 Å². The van der Waals surface area contributed by atoms with Gasteiger partial charge in [0, 0.05) is 17.1 Å². The molecule has 1 amide bonds. The van der Waals surface area contributed by atoms with Gasteiger partial charge < -0.3 is 5.11 Å². The first kappa shape index (κ1) is 21.4. The highest BCUT2D eigenvalue weighted by molar-refractivity contribution is 7.07. The fourth-order valence-electron chi connectivity index (χ4n) is 5.23. The minimum Gasteiger partial charge on any atom is -0.391 e. The number of carbonyl (C=O) groups is 1. The number of hydrazone groups is 1. The molecule has 1 saturated heterocycles. The highest BCUT2D eigenvalue weighted by Crippen LogP contribution is 2.41. The third kappa shape index (κ3) is 3.43. The number of aromatic nitrogens is 2. The Balaban J connectivity index is 1.33. The van der Waals surface area contributed by atoms with Crippen molar-refractivity contribution >= 4 is 28.6 Å². The number of anilines is 1. The fourth-order valence-corrected chi connectivity index (χ4v) is 5.77. The van der Waals surface area contributed by atoms with Crippen molar-refractivity contribution in [1.29, 1.82) is 0 Å². The van der Waals surface area contributed by atoms with Crippen LogP contribution >= 0.6 is 11.3 Å². The van der Waals surface area contributed by atoms with Crippen LogP contribution in [0.3, 0.4) is 0 Å². The Morgan fingerprint density at radius 2 is 2.00 bits per heavy atom. The molecule has 1 saturated carbocycles. The molecule has 34 heavy (non-hydrogen) atoms. The highest BCUT2D eigenvalue weighted by Gasteiger charge is 2.53. The zero-order chi connectivity index (χ0) is 23.3. The molecule has 0 bridgehead atoms. The van der Waals surface area contributed by atoms with Gasteiger partial charge in [0.2, 0.25) is 0 Å². The summed E-state index contributed by atoms with van der Waals surface area (Å²) in [5.41, 5.74) is 9.57. The van der Waals surface area contributed by atoms with Gasteiger partial charge in [-0.15, -0.1) is 11.3 Å². The predicted octanol–water partition coefficient (Wildman–Crippen LogP) is 3.45. The third-order valence-electron chi connectivity index (χ3n) is 7.06. The molecule has 4 heterocycles. The minimum absolute atomic E-state index is 0.162. The Labute approximate surface area is 201 Å². The molecule has 2 aromatic heterocycles. The molecule has 2 fully saturated rings. The zero-order valence-corrected chi connectivity index (χ0v) is 19.7. The molecule has 3 unspecified atom stereocenters. The average Bonchev–Trinajstić information content (AvgIpc) is 3.48. The van der Waals surface area contributed by atoms with Gasteiger partial charge >= 0.3 is 0 Å². The lowest BCUT2D eigenvalue weighted by Crippen LogP contribution is -2.53. The van der Waals surface area contributed by atoms with Crippen LogP contribution in [0.25, 0.3) is 11.4 Å². The molecule has 8 nitrogen and oxygen atoms in total. The molecular weight excluding hydrogens is 448 g/mol. The second kappa shape index (κ2) is 8.26. The highest BCUT2D eigenvalue weighted by atomic mass is 32.1. The maximum atomic E-state index is 13.6. The van der Waals surface area contributed by atoms with Gasteiger partial charge in [0.15, 0.2) is 5.71 Å². The monoisotopic (exact) mass is 474 g/mol. The van der Waals surface area contributed by atoms with Crippen LogP contribution in [0, 0.1) is 0 Å². The summed E-state index contributed by atoms with van der Waals surface area (Å²) in [5.74, 6) is -0.162. The van der Waals surface area contributed by atoms with Crippen molar-refractivity contribution in [3.8, 4) is 11.4 Å². The second-order valence-corrected chi connectivity index (χ2v) is 10.00. The maximum absolute atomic E-state index is 13.6. The lowest BCUT2D eigenvalue weighted by Gasteiger charge is -2.38. The van der Waals surface area contributed by atoms with Crippen LogP contribution in [0.4, 0.5) is 5.69 Å². The SMILES string of the molecule is CC12NN(C3CCCCC3O)C(=O)C1=NN(Cc1ccc(-c3cscn3)nc1)c1ccccc12. The number of pyridine rings is 1. The van der Waals surface area contributed by atoms with E-state index in [1.165, 1.54) is 0 Å². The first-order chi connectivity index (χ1) is 16.5. The maximum Gasteiger partial charge on any atom is 0.286 e. The van der Waals surface area contributed by atoms with Crippen molar-refractivity contribution in [2.75, 3.05) is 5.01 Å². The summed E-state index contributed by atoms with van der Waals surface area (Å²) >= 11 is 1.54. The number of hydrogen-bond acceptors (Lipinski definition) is 8. The molecule has 1 aromatic carbocycles. The van der Waals surface area contributed by atoms with Crippen LogP contribution in [0.2, 0.25) is 0 Å². The second-order valence-electron chi connectivity index (χ2n) is 9.28. The van der Waals surface area contributed by atoms with E-state index in [1.54, 1.807) is 21.9 Å². The molecule has 0 radical (unpaired) electrons. The number of thiazole rings is 1. The molecule has 3 atom stereocenters. The van der Waals surface area contributed by atoms with Gasteiger partial charge in [0.1, 0.15) is 5.54 Å². The summed E-state index contributed by atoms with van der Waals surface area (Å²) in [7, 11) is 0. The van der Waals surface area contributed by atoms with Gasteiger partial charge in [0.05, 0.1) is 41.3 Å². The number of aliphatic hydroxyl groups excluding tert-OH is 1. The number of para-hydroxylation sites is 1. The van der Waals surface area contributed by atoms with Crippen LogP contribution in [-0.2, 0) is 16.9 Å². The Morgan fingerprint density at radius 3 is 2.76 bits per heavy atom. The van der Waals surface area contributed by atoms with Gasteiger partial charge in [-0.2, -0.15) is 5.10 Å². The number of nitrogens with one attached hydrogen (secondary N) is 1. The Morgan fingerprint density at radius 1 is 1.15 bits per heavy atom. The molecule has 2 aliphatic heterocycles. The third-order valence-corrected chi connectivity index (χ3v) is 7.64. The van der Waals surface area contributed by atoms with E-state index in [0.29, 0.717) is 18.7 Å². The van der Waals surface area contributed by atoms with Crippen molar-refractivity contribution < 1.29 is 9.90 Å². The number of benzene rings is 1. The zero-order valence-electron chi connectivity index (χ0n) is 18.9. The quantitative estimate of drug-likeness (QED) is 0.602. The summed E-state index contributed by atoms with van der Waals surface area (Å²) < 4.78 is 0. The van der Waals surface area contributed by atoms with Crippen molar-refractivity contribution in [1.82, 2.24) is 20.4 Å². The number of nitrogens with zero attached hydrogens (tertiary/aromatic N) is 5. The van der Waals surface area contributed by atoms with E-state index < -0.39 is 11.6 Å². The first-order valence-corrected chi connectivity index (χ1v) is 12.6. The number of amides is 1. The van der Waals surface area contributed by atoms with Gasteiger partial charge in [-0.05, 0) is 37.5 Å². The first-order valence-electron chi connectivity index (χ1n) is 11.6. The van der Waals surface area contributed by atoms with E-state index in [2.05, 4.69) is 15.4 Å². The van der Waals surface area contributed by atoms with E-state index >= 15 is 0 Å². The molecule has 174 valence electrons. The van der Waals surface area contributed by atoms with E-state index in [0.717, 1.165) is 47.5 Å².